The van der Waals surface area contributed by atoms with E-state index in [1.807, 2.05) is 0 Å². The molecule has 0 atom stereocenters. The van der Waals surface area contributed by atoms with Crippen molar-refractivity contribution >= 4 is 5.69 Å². The summed E-state index contributed by atoms with van der Waals surface area (Å²) >= 11 is 0. The van der Waals surface area contributed by atoms with Gasteiger partial charge >= 0.3 is 0 Å². The van der Waals surface area contributed by atoms with Gasteiger partial charge in [-0.2, -0.15) is 0 Å². The average Bonchev–Trinajstić information content (AvgIpc) is 2.72. The molecule has 4 rings (SSSR count). The Morgan fingerprint density at radius 3 is 1.85 bits per heavy atom. The molecule has 1 N–H and O–H groups in total. The first-order valence-electron chi connectivity index (χ1n) is 9.49. The number of hydrogen-bond donors (Lipinski definition) is 1. The molecular weight excluding hydrogens is 316 g/mol. The van der Waals surface area contributed by atoms with E-state index in [-0.39, 0.29) is 5.54 Å². The lowest BCUT2D eigenvalue weighted by Crippen LogP contribution is -2.46. The molecule has 1 fully saturated rings. The number of anilines is 1. The van der Waals surface area contributed by atoms with Crippen LogP contribution in [0.25, 0.3) is 0 Å². The molecule has 0 bridgehead atoms. The minimum absolute atomic E-state index is 0.00972. The number of hydrogen-bond acceptors (Lipinski definition) is 2. The molecule has 2 nitrogen and oxygen atoms in total. The van der Waals surface area contributed by atoms with Gasteiger partial charge in [-0.25, -0.2) is 0 Å². The van der Waals surface area contributed by atoms with Crippen molar-refractivity contribution in [2.24, 2.45) is 0 Å². The topological polar surface area (TPSA) is 15.3 Å². The van der Waals surface area contributed by atoms with Crippen molar-refractivity contribution in [1.29, 1.82) is 0 Å². The maximum absolute atomic E-state index is 3.87. The van der Waals surface area contributed by atoms with Crippen LogP contribution in [-0.2, 0) is 12.1 Å². The minimum atomic E-state index is 0.00972. The van der Waals surface area contributed by atoms with E-state index in [0.29, 0.717) is 0 Å². The number of nitrogens with one attached hydrogen (secondary N) is 1. The molecule has 0 aliphatic carbocycles. The van der Waals surface area contributed by atoms with E-state index in [1.165, 1.54) is 16.8 Å². The van der Waals surface area contributed by atoms with Gasteiger partial charge in [0.15, 0.2) is 0 Å². The molecule has 1 aliphatic rings. The highest BCUT2D eigenvalue weighted by atomic mass is 15.2. The zero-order valence-corrected chi connectivity index (χ0v) is 15.1. The number of piperidine rings is 1. The van der Waals surface area contributed by atoms with Crippen LogP contribution in [0, 0.1) is 0 Å². The fraction of sp³-hybridized carbons (Fsp3) is 0.250. The predicted molar refractivity (Wildman–Crippen MR) is 109 cm³/mol. The molecule has 0 unspecified atom stereocenters. The van der Waals surface area contributed by atoms with Crippen LogP contribution < -0.4 is 5.32 Å². The lowest BCUT2D eigenvalue weighted by Gasteiger charge is -2.43. The van der Waals surface area contributed by atoms with Crippen LogP contribution in [0.1, 0.15) is 24.0 Å². The van der Waals surface area contributed by atoms with Crippen LogP contribution in [-0.4, -0.2) is 18.0 Å². The molecule has 0 amide bonds. The average molecular weight is 342 g/mol. The molecule has 0 saturated carbocycles. The maximum atomic E-state index is 3.87. The number of benzene rings is 3. The van der Waals surface area contributed by atoms with Crippen molar-refractivity contribution in [3.05, 3.63) is 102 Å². The van der Waals surface area contributed by atoms with Gasteiger partial charge in [0.2, 0.25) is 0 Å². The van der Waals surface area contributed by atoms with Crippen molar-refractivity contribution in [2.75, 3.05) is 18.4 Å². The third kappa shape index (κ3) is 3.81. The molecule has 3 aromatic rings. The smallest absolute Gasteiger partial charge is 0.0649 e. The minimum Gasteiger partial charge on any atom is -0.375 e. The number of likely N-dealkylation sites (tertiary alicyclic amines) is 1. The lowest BCUT2D eigenvalue weighted by atomic mass is 9.80. The molecule has 1 saturated heterocycles. The van der Waals surface area contributed by atoms with Gasteiger partial charge in [0, 0.05) is 25.3 Å². The van der Waals surface area contributed by atoms with Gasteiger partial charge in [0.25, 0.3) is 0 Å². The third-order valence-electron chi connectivity index (χ3n) is 5.44. The van der Waals surface area contributed by atoms with Gasteiger partial charge < -0.3 is 5.32 Å². The van der Waals surface area contributed by atoms with Gasteiger partial charge in [0.05, 0.1) is 5.54 Å². The summed E-state index contributed by atoms with van der Waals surface area (Å²) in [5.41, 5.74) is 4.00. The second-order valence-electron chi connectivity index (χ2n) is 7.20. The zero-order chi connectivity index (χ0) is 17.7. The Labute approximate surface area is 156 Å². The van der Waals surface area contributed by atoms with E-state index >= 15 is 0 Å². The van der Waals surface area contributed by atoms with Crippen LogP contribution in [0.3, 0.4) is 0 Å². The van der Waals surface area contributed by atoms with Crippen LogP contribution in [0.4, 0.5) is 5.69 Å². The van der Waals surface area contributed by atoms with E-state index in [2.05, 4.69) is 101 Å². The Hall–Kier alpha value is -2.58. The van der Waals surface area contributed by atoms with Crippen LogP contribution in [0.15, 0.2) is 91.0 Å². The quantitative estimate of drug-likeness (QED) is 0.678. The highest BCUT2D eigenvalue weighted by molar-refractivity contribution is 5.48. The van der Waals surface area contributed by atoms with E-state index in [0.717, 1.165) is 32.5 Å². The second-order valence-corrected chi connectivity index (χ2v) is 7.20. The summed E-state index contributed by atoms with van der Waals surface area (Å²) in [6, 6.07) is 32.3. The summed E-state index contributed by atoms with van der Waals surface area (Å²) in [4.78, 5) is 2.57. The Balaban J connectivity index is 1.52. The highest BCUT2D eigenvalue weighted by Gasteiger charge is 2.36. The summed E-state index contributed by atoms with van der Waals surface area (Å²) in [6.45, 7) is 3.24. The van der Waals surface area contributed by atoms with Crippen molar-refractivity contribution in [1.82, 2.24) is 4.90 Å². The fourth-order valence-electron chi connectivity index (χ4n) is 3.98. The molecule has 0 spiro atoms. The summed E-state index contributed by atoms with van der Waals surface area (Å²) in [6.07, 6.45) is 2.22. The summed E-state index contributed by atoms with van der Waals surface area (Å²) in [5.74, 6) is 0. The largest absolute Gasteiger partial charge is 0.375 e. The van der Waals surface area contributed by atoms with Gasteiger partial charge in [-0.3, -0.25) is 4.90 Å². The molecule has 2 heteroatoms. The molecule has 132 valence electrons. The van der Waals surface area contributed by atoms with Gasteiger partial charge in [0.1, 0.15) is 0 Å². The molecule has 0 aromatic heterocycles. The Bertz CT molecular complexity index is 791. The van der Waals surface area contributed by atoms with Gasteiger partial charge in [-0.15, -0.1) is 0 Å². The van der Waals surface area contributed by atoms with Crippen molar-refractivity contribution in [2.45, 2.75) is 24.9 Å². The lowest BCUT2D eigenvalue weighted by molar-refractivity contribution is 0.166. The molecule has 1 heterocycles. The Kier molecular flexibility index (Phi) is 5.03. The summed E-state index contributed by atoms with van der Waals surface area (Å²) < 4.78 is 0. The first-order valence-corrected chi connectivity index (χ1v) is 9.49. The first-order chi connectivity index (χ1) is 12.8. The Morgan fingerprint density at radius 2 is 1.23 bits per heavy atom. The zero-order valence-electron chi connectivity index (χ0n) is 15.1. The van der Waals surface area contributed by atoms with Gasteiger partial charge in [-0.1, -0.05) is 78.9 Å². The maximum Gasteiger partial charge on any atom is 0.0649 e. The SMILES string of the molecule is c1ccc(CN2CCC(Nc3ccccc3)(c3ccccc3)CC2)cc1. The Morgan fingerprint density at radius 1 is 0.692 bits per heavy atom. The van der Waals surface area contributed by atoms with E-state index in [4.69, 9.17) is 0 Å². The first kappa shape index (κ1) is 16.9. The fourth-order valence-corrected chi connectivity index (χ4v) is 3.98. The highest BCUT2D eigenvalue weighted by Crippen LogP contribution is 2.36. The molecule has 26 heavy (non-hydrogen) atoms. The standard InChI is InChI=1S/C24H26N2/c1-4-10-21(11-5-1)20-26-18-16-24(17-19-26,22-12-6-2-7-13-22)25-23-14-8-3-9-15-23/h1-15,25H,16-20H2. The number of nitrogens with zero attached hydrogens (tertiary/aromatic N) is 1. The number of para-hydroxylation sites is 1. The van der Waals surface area contributed by atoms with E-state index in [1.54, 1.807) is 0 Å². The normalized spacial score (nSPS) is 16.9. The van der Waals surface area contributed by atoms with Crippen LogP contribution in [0.2, 0.25) is 0 Å². The molecular formula is C24H26N2. The van der Waals surface area contributed by atoms with Gasteiger partial charge in [-0.05, 0) is 36.1 Å². The van der Waals surface area contributed by atoms with Crippen LogP contribution >= 0.6 is 0 Å². The monoisotopic (exact) mass is 342 g/mol. The molecule has 3 aromatic carbocycles. The summed E-state index contributed by atoms with van der Waals surface area (Å²) in [7, 11) is 0. The third-order valence-corrected chi connectivity index (χ3v) is 5.44. The van der Waals surface area contributed by atoms with Crippen molar-refractivity contribution < 1.29 is 0 Å². The predicted octanol–water partition coefficient (Wildman–Crippen LogP) is 5.29. The van der Waals surface area contributed by atoms with Crippen LogP contribution in [0.5, 0.6) is 0 Å². The second kappa shape index (κ2) is 7.76. The summed E-state index contributed by atoms with van der Waals surface area (Å²) in [5, 5.41) is 3.87. The van der Waals surface area contributed by atoms with Crippen molar-refractivity contribution in [3.8, 4) is 0 Å². The number of rotatable bonds is 5. The van der Waals surface area contributed by atoms with E-state index in [9.17, 15) is 0 Å². The van der Waals surface area contributed by atoms with Crippen molar-refractivity contribution in [3.63, 3.8) is 0 Å². The molecule has 1 aliphatic heterocycles. The molecule has 0 radical (unpaired) electrons. The van der Waals surface area contributed by atoms with E-state index < -0.39 is 0 Å².